The number of ether oxygens (including phenoxy) is 1. The Kier molecular flexibility index (Phi) is 4.26. The number of rotatable bonds is 4. The Morgan fingerprint density at radius 3 is 2.62 bits per heavy atom. The summed E-state index contributed by atoms with van der Waals surface area (Å²) in [6.07, 6.45) is 0.453. The van der Waals surface area contributed by atoms with Crippen LogP contribution in [0.1, 0.15) is 29.2 Å². The number of benzene rings is 1. The van der Waals surface area contributed by atoms with Crippen LogP contribution in [0.2, 0.25) is 0 Å². The molecule has 0 bridgehead atoms. The van der Waals surface area contributed by atoms with Gasteiger partial charge < -0.3 is 15.6 Å². The lowest BCUT2D eigenvalue weighted by molar-refractivity contribution is 0.276. The Hall–Kier alpha value is -1.13. The highest BCUT2D eigenvalue weighted by Gasteiger charge is 2.17. The van der Waals surface area contributed by atoms with Gasteiger partial charge in [0.05, 0.1) is 7.11 Å². The first-order valence-corrected chi connectivity index (χ1v) is 5.23. The van der Waals surface area contributed by atoms with Crippen molar-refractivity contribution in [1.29, 1.82) is 0 Å². The molecular weight excluding hydrogens is 209 g/mol. The highest BCUT2D eigenvalue weighted by molar-refractivity contribution is 5.45. The summed E-state index contributed by atoms with van der Waals surface area (Å²) >= 11 is 0. The molecule has 1 unspecified atom stereocenters. The number of methoxy groups -OCH3 is 1. The molecule has 90 valence electrons. The van der Waals surface area contributed by atoms with Gasteiger partial charge in [-0.3, -0.25) is 0 Å². The number of aliphatic hydroxyl groups is 1. The highest BCUT2D eigenvalue weighted by atomic mass is 19.1. The van der Waals surface area contributed by atoms with Crippen LogP contribution in [0.15, 0.2) is 6.07 Å². The van der Waals surface area contributed by atoms with Crippen molar-refractivity contribution in [3.05, 3.63) is 28.6 Å². The van der Waals surface area contributed by atoms with Gasteiger partial charge in [-0.2, -0.15) is 0 Å². The molecule has 0 spiro atoms. The average molecular weight is 227 g/mol. The minimum atomic E-state index is -0.347. The fourth-order valence-electron chi connectivity index (χ4n) is 1.80. The lowest BCUT2D eigenvalue weighted by Crippen LogP contribution is -2.14. The Labute approximate surface area is 95.0 Å². The van der Waals surface area contributed by atoms with E-state index >= 15 is 0 Å². The van der Waals surface area contributed by atoms with Gasteiger partial charge in [-0.05, 0) is 37.0 Å². The minimum absolute atomic E-state index is 0.0132. The monoisotopic (exact) mass is 227 g/mol. The van der Waals surface area contributed by atoms with Crippen molar-refractivity contribution < 1.29 is 14.2 Å². The third-order valence-corrected chi connectivity index (χ3v) is 2.73. The van der Waals surface area contributed by atoms with Gasteiger partial charge in [0.15, 0.2) is 11.6 Å². The fraction of sp³-hybridized carbons (Fsp3) is 0.500. The van der Waals surface area contributed by atoms with E-state index in [4.69, 9.17) is 15.6 Å². The van der Waals surface area contributed by atoms with Crippen molar-refractivity contribution in [2.75, 3.05) is 13.7 Å². The zero-order chi connectivity index (χ0) is 12.3. The Bertz CT molecular complexity index is 380. The van der Waals surface area contributed by atoms with Gasteiger partial charge in [0.25, 0.3) is 0 Å². The maximum absolute atomic E-state index is 13.7. The third kappa shape index (κ3) is 2.33. The number of hydrogen-bond acceptors (Lipinski definition) is 3. The van der Waals surface area contributed by atoms with Crippen molar-refractivity contribution in [2.24, 2.45) is 5.73 Å². The molecule has 3 N–H and O–H groups in total. The molecule has 0 aliphatic carbocycles. The van der Waals surface area contributed by atoms with Crippen LogP contribution in [0, 0.1) is 19.7 Å². The summed E-state index contributed by atoms with van der Waals surface area (Å²) in [7, 11) is 1.44. The van der Waals surface area contributed by atoms with Gasteiger partial charge in [-0.1, -0.05) is 6.07 Å². The summed E-state index contributed by atoms with van der Waals surface area (Å²) in [5, 5.41) is 8.85. The first-order chi connectivity index (χ1) is 7.52. The van der Waals surface area contributed by atoms with Crippen molar-refractivity contribution in [3.8, 4) is 5.75 Å². The topological polar surface area (TPSA) is 55.5 Å². The molecule has 0 radical (unpaired) electrons. The molecule has 1 aromatic rings. The van der Waals surface area contributed by atoms with Gasteiger partial charge in [0.1, 0.15) is 0 Å². The molecule has 16 heavy (non-hydrogen) atoms. The van der Waals surface area contributed by atoms with E-state index in [2.05, 4.69) is 0 Å². The molecule has 3 nitrogen and oxygen atoms in total. The quantitative estimate of drug-likeness (QED) is 0.825. The summed E-state index contributed by atoms with van der Waals surface area (Å²) in [6, 6.07) is 1.42. The molecule has 0 aliphatic rings. The molecule has 0 aliphatic heterocycles. The van der Waals surface area contributed by atoms with Crippen LogP contribution in [-0.4, -0.2) is 18.8 Å². The second kappa shape index (κ2) is 5.27. The second-order valence-corrected chi connectivity index (χ2v) is 3.87. The van der Waals surface area contributed by atoms with Crippen LogP contribution in [0.3, 0.4) is 0 Å². The minimum Gasteiger partial charge on any atom is -0.493 e. The molecule has 0 heterocycles. The molecule has 4 heteroatoms. The smallest absolute Gasteiger partial charge is 0.168 e. The van der Waals surface area contributed by atoms with E-state index < -0.39 is 0 Å². The summed E-state index contributed by atoms with van der Waals surface area (Å²) < 4.78 is 18.7. The van der Waals surface area contributed by atoms with E-state index in [1.54, 1.807) is 19.9 Å². The lowest BCUT2D eigenvalue weighted by Gasteiger charge is -2.18. The molecule has 1 aromatic carbocycles. The molecule has 1 atom stereocenters. The van der Waals surface area contributed by atoms with E-state index in [9.17, 15) is 4.39 Å². The predicted octanol–water partition coefficient (Wildman–Crippen LogP) is 1.83. The van der Waals surface area contributed by atoms with Gasteiger partial charge in [-0.15, -0.1) is 0 Å². The van der Waals surface area contributed by atoms with E-state index in [-0.39, 0.29) is 24.2 Å². The first kappa shape index (κ1) is 12.9. The number of aliphatic hydroxyl groups excluding tert-OH is 1. The number of aryl methyl sites for hydroxylation is 1. The largest absolute Gasteiger partial charge is 0.493 e. The predicted molar refractivity (Wildman–Crippen MR) is 61.1 cm³/mol. The van der Waals surface area contributed by atoms with E-state index in [0.29, 0.717) is 17.5 Å². The van der Waals surface area contributed by atoms with Crippen molar-refractivity contribution >= 4 is 0 Å². The maximum Gasteiger partial charge on any atom is 0.168 e. The fourth-order valence-corrected chi connectivity index (χ4v) is 1.80. The molecule has 1 rings (SSSR count). The van der Waals surface area contributed by atoms with Crippen molar-refractivity contribution in [1.82, 2.24) is 0 Å². The molecule has 0 amide bonds. The normalized spacial score (nSPS) is 12.6. The lowest BCUT2D eigenvalue weighted by atomic mass is 9.96. The van der Waals surface area contributed by atoms with Gasteiger partial charge in [-0.25, -0.2) is 4.39 Å². The Morgan fingerprint density at radius 2 is 2.12 bits per heavy atom. The second-order valence-electron chi connectivity index (χ2n) is 3.87. The number of hydrogen-bond donors (Lipinski definition) is 2. The zero-order valence-electron chi connectivity index (χ0n) is 9.88. The molecule has 0 aromatic heterocycles. The van der Waals surface area contributed by atoms with Gasteiger partial charge in [0.2, 0.25) is 0 Å². The van der Waals surface area contributed by atoms with Crippen LogP contribution in [0.5, 0.6) is 5.75 Å². The Balaban J connectivity index is 3.25. The zero-order valence-corrected chi connectivity index (χ0v) is 9.88. The van der Waals surface area contributed by atoms with E-state index in [1.165, 1.54) is 7.11 Å². The highest BCUT2D eigenvalue weighted by Crippen LogP contribution is 2.31. The van der Waals surface area contributed by atoms with Gasteiger partial charge >= 0.3 is 0 Å². The summed E-state index contributed by atoms with van der Waals surface area (Å²) in [6.45, 7) is 3.46. The SMILES string of the molecule is COc1c(C)c(C(N)CCO)cc(C)c1F. The average Bonchev–Trinajstić information content (AvgIpc) is 2.24. The van der Waals surface area contributed by atoms with Crippen molar-refractivity contribution in [2.45, 2.75) is 26.3 Å². The maximum atomic E-state index is 13.7. The molecule has 0 saturated heterocycles. The van der Waals surface area contributed by atoms with Gasteiger partial charge in [0, 0.05) is 12.6 Å². The molecule has 0 saturated carbocycles. The third-order valence-electron chi connectivity index (χ3n) is 2.73. The molecule has 0 fully saturated rings. The summed E-state index contributed by atoms with van der Waals surface area (Å²) in [5.41, 5.74) is 7.94. The number of halogens is 1. The van der Waals surface area contributed by atoms with Crippen LogP contribution >= 0.6 is 0 Å². The van der Waals surface area contributed by atoms with E-state index in [1.807, 2.05) is 0 Å². The van der Waals surface area contributed by atoms with Crippen LogP contribution < -0.4 is 10.5 Å². The van der Waals surface area contributed by atoms with Crippen molar-refractivity contribution in [3.63, 3.8) is 0 Å². The van der Waals surface area contributed by atoms with Crippen LogP contribution in [0.4, 0.5) is 4.39 Å². The van der Waals surface area contributed by atoms with E-state index in [0.717, 1.165) is 5.56 Å². The first-order valence-electron chi connectivity index (χ1n) is 5.23. The summed E-state index contributed by atoms with van der Waals surface area (Å²) in [4.78, 5) is 0. The summed E-state index contributed by atoms with van der Waals surface area (Å²) in [5.74, 6) is -0.108. The molecular formula is C12H18FNO2. The Morgan fingerprint density at radius 1 is 1.50 bits per heavy atom. The number of nitrogens with two attached hydrogens (primary N) is 1. The standard InChI is InChI=1S/C12H18FNO2/c1-7-6-9(10(14)4-5-15)8(2)12(16-3)11(7)13/h6,10,15H,4-5,14H2,1-3H3. The van der Waals surface area contributed by atoms with Crippen LogP contribution in [-0.2, 0) is 0 Å². The van der Waals surface area contributed by atoms with Crippen LogP contribution in [0.25, 0.3) is 0 Å².